The Morgan fingerprint density at radius 3 is 2.64 bits per heavy atom. The Bertz CT molecular complexity index is 917. The van der Waals surface area contributed by atoms with Crippen molar-refractivity contribution < 1.29 is 19.1 Å². The number of nitrogens with zero attached hydrogens (tertiary/aromatic N) is 1. The third-order valence-corrected chi connectivity index (χ3v) is 5.86. The van der Waals surface area contributed by atoms with E-state index >= 15 is 0 Å². The highest BCUT2D eigenvalue weighted by Gasteiger charge is 2.35. The van der Waals surface area contributed by atoms with Gasteiger partial charge in [-0.3, -0.25) is 14.5 Å². The topological polar surface area (TPSA) is 57.6 Å². The predicted molar refractivity (Wildman–Crippen MR) is 111 cm³/mol. The van der Waals surface area contributed by atoms with Crippen LogP contribution in [0.5, 0.6) is 5.75 Å². The first-order chi connectivity index (χ1) is 11.9. The van der Waals surface area contributed by atoms with Crippen molar-refractivity contribution in [3.63, 3.8) is 0 Å². The quantitative estimate of drug-likeness (QED) is 0.411. The highest BCUT2D eigenvalue weighted by molar-refractivity contribution is 14.1. The zero-order chi connectivity index (χ0) is 18.1. The van der Waals surface area contributed by atoms with Crippen LogP contribution < -0.4 is 0 Å². The zero-order valence-electron chi connectivity index (χ0n) is 12.5. The lowest BCUT2D eigenvalue weighted by Crippen LogP contribution is -2.27. The molecule has 3 rings (SSSR count). The number of thioether (sulfide) groups is 1. The van der Waals surface area contributed by atoms with E-state index in [9.17, 15) is 19.1 Å². The maximum absolute atomic E-state index is 13.8. The SMILES string of the molecule is O=C1S/C(=C\c2cc(I)cc(I)c2O)C(=O)N1Cc1ccccc1F. The van der Waals surface area contributed by atoms with Crippen molar-refractivity contribution in [3.8, 4) is 5.75 Å². The molecule has 0 radical (unpaired) electrons. The van der Waals surface area contributed by atoms with Crippen LogP contribution in [-0.4, -0.2) is 21.2 Å². The molecule has 2 amide bonds. The minimum absolute atomic E-state index is 0.0573. The summed E-state index contributed by atoms with van der Waals surface area (Å²) in [5.41, 5.74) is 0.741. The minimum Gasteiger partial charge on any atom is -0.506 e. The number of carbonyl (C=O) groups is 2. The molecule has 1 N–H and O–H groups in total. The van der Waals surface area contributed by atoms with Crippen LogP contribution in [0.3, 0.4) is 0 Å². The molecular formula is C17H10FI2NO3S. The number of phenols is 1. The molecule has 0 unspecified atom stereocenters. The molecule has 1 heterocycles. The smallest absolute Gasteiger partial charge is 0.293 e. The first kappa shape index (κ1) is 18.6. The maximum atomic E-state index is 13.8. The van der Waals surface area contributed by atoms with Crippen molar-refractivity contribution >= 4 is 74.2 Å². The average Bonchev–Trinajstić information content (AvgIpc) is 2.81. The summed E-state index contributed by atoms with van der Waals surface area (Å²) < 4.78 is 15.3. The van der Waals surface area contributed by atoms with Crippen molar-refractivity contribution in [2.45, 2.75) is 6.54 Å². The van der Waals surface area contributed by atoms with Gasteiger partial charge in [0.2, 0.25) is 0 Å². The number of carbonyl (C=O) groups excluding carboxylic acids is 2. The van der Waals surface area contributed by atoms with E-state index in [-0.39, 0.29) is 22.8 Å². The molecule has 1 aliphatic rings. The molecule has 1 aliphatic heterocycles. The summed E-state index contributed by atoms with van der Waals surface area (Å²) >= 11 is 4.89. The molecule has 0 atom stereocenters. The monoisotopic (exact) mass is 581 g/mol. The van der Waals surface area contributed by atoms with Gasteiger partial charge < -0.3 is 5.11 Å². The molecule has 2 aromatic rings. The molecule has 0 spiro atoms. The fourth-order valence-electron chi connectivity index (χ4n) is 2.27. The lowest BCUT2D eigenvalue weighted by atomic mass is 10.1. The third kappa shape index (κ3) is 4.00. The second-order valence-corrected chi connectivity index (χ2v) is 8.59. The summed E-state index contributed by atoms with van der Waals surface area (Å²) in [5, 5.41) is 9.69. The van der Waals surface area contributed by atoms with Crippen LogP contribution >= 0.6 is 56.9 Å². The summed E-state index contributed by atoms with van der Waals surface area (Å²) in [6, 6.07) is 9.56. The number of benzene rings is 2. The lowest BCUT2D eigenvalue weighted by molar-refractivity contribution is -0.123. The normalized spacial score (nSPS) is 16.1. The van der Waals surface area contributed by atoms with Gasteiger partial charge in [-0.25, -0.2) is 4.39 Å². The van der Waals surface area contributed by atoms with E-state index in [1.165, 1.54) is 18.2 Å². The van der Waals surface area contributed by atoms with Crippen LogP contribution in [0.15, 0.2) is 41.3 Å². The molecule has 0 aliphatic carbocycles. The van der Waals surface area contributed by atoms with E-state index in [0.717, 1.165) is 20.2 Å². The molecule has 0 aromatic heterocycles. The Morgan fingerprint density at radius 1 is 1.20 bits per heavy atom. The van der Waals surface area contributed by atoms with Gasteiger partial charge in [0.25, 0.3) is 11.1 Å². The maximum Gasteiger partial charge on any atom is 0.293 e. The van der Waals surface area contributed by atoms with Gasteiger partial charge in [0, 0.05) is 14.7 Å². The number of hydrogen-bond acceptors (Lipinski definition) is 4. The summed E-state index contributed by atoms with van der Waals surface area (Å²) in [6.45, 7) is -0.121. The Kier molecular flexibility index (Phi) is 5.68. The van der Waals surface area contributed by atoms with Crippen LogP contribution in [0.4, 0.5) is 9.18 Å². The predicted octanol–water partition coefficient (Wildman–Crippen LogP) is 4.98. The Labute approximate surface area is 174 Å². The van der Waals surface area contributed by atoms with Gasteiger partial charge in [-0.15, -0.1) is 0 Å². The van der Waals surface area contributed by atoms with E-state index in [0.29, 0.717) is 9.13 Å². The van der Waals surface area contributed by atoms with Crippen molar-refractivity contribution in [1.82, 2.24) is 4.90 Å². The number of hydrogen-bond donors (Lipinski definition) is 1. The van der Waals surface area contributed by atoms with Crippen LogP contribution in [-0.2, 0) is 11.3 Å². The summed E-state index contributed by atoms with van der Waals surface area (Å²) in [7, 11) is 0. The minimum atomic E-state index is -0.494. The number of amides is 2. The van der Waals surface area contributed by atoms with Gasteiger partial charge in [0.15, 0.2) is 0 Å². The second kappa shape index (κ2) is 7.62. The van der Waals surface area contributed by atoms with Crippen molar-refractivity contribution in [3.05, 3.63) is 65.4 Å². The number of halogens is 3. The van der Waals surface area contributed by atoms with Crippen molar-refractivity contribution in [2.24, 2.45) is 0 Å². The van der Waals surface area contributed by atoms with Crippen LogP contribution in [0.2, 0.25) is 0 Å². The molecule has 8 heteroatoms. The molecule has 128 valence electrons. The van der Waals surface area contributed by atoms with Gasteiger partial charge in [-0.1, -0.05) is 18.2 Å². The molecule has 2 aromatic carbocycles. The average molecular weight is 581 g/mol. The van der Waals surface area contributed by atoms with Crippen LogP contribution in [0.25, 0.3) is 6.08 Å². The molecule has 0 saturated carbocycles. The Hall–Kier alpha value is -1.14. The standard InChI is InChI=1S/C17H10FI2NO3S/c18-12-4-2-1-3-9(12)8-21-16(23)14(25-17(21)24)6-10-5-11(19)7-13(20)15(10)22/h1-7,22H,8H2/b14-6-. The Balaban J connectivity index is 1.90. The van der Waals surface area contributed by atoms with Crippen LogP contribution in [0, 0.1) is 13.0 Å². The highest BCUT2D eigenvalue weighted by Crippen LogP contribution is 2.36. The molecule has 4 nitrogen and oxygen atoms in total. The first-order valence-corrected chi connectivity index (χ1v) is 10.0. The van der Waals surface area contributed by atoms with Crippen LogP contribution in [0.1, 0.15) is 11.1 Å². The molecular weight excluding hydrogens is 571 g/mol. The molecule has 25 heavy (non-hydrogen) atoms. The van der Waals surface area contributed by atoms with Gasteiger partial charge in [0.05, 0.1) is 15.0 Å². The van der Waals surface area contributed by atoms with E-state index in [4.69, 9.17) is 0 Å². The number of imide groups is 1. The fraction of sp³-hybridized carbons (Fsp3) is 0.0588. The largest absolute Gasteiger partial charge is 0.506 e. The first-order valence-electron chi connectivity index (χ1n) is 7.03. The van der Waals surface area contributed by atoms with E-state index in [1.54, 1.807) is 24.3 Å². The Morgan fingerprint density at radius 2 is 1.92 bits per heavy atom. The van der Waals surface area contributed by atoms with Gasteiger partial charge in [-0.05, 0) is 81.2 Å². The molecule has 0 bridgehead atoms. The number of phenolic OH excluding ortho intramolecular Hbond substituents is 1. The van der Waals surface area contributed by atoms with Crippen molar-refractivity contribution in [1.29, 1.82) is 0 Å². The van der Waals surface area contributed by atoms with Gasteiger partial charge in [0.1, 0.15) is 11.6 Å². The zero-order valence-corrected chi connectivity index (χ0v) is 17.6. The highest BCUT2D eigenvalue weighted by atomic mass is 127. The fourth-order valence-corrected chi connectivity index (χ4v) is 4.99. The van der Waals surface area contributed by atoms with E-state index < -0.39 is 17.0 Å². The van der Waals surface area contributed by atoms with Gasteiger partial charge >= 0.3 is 0 Å². The second-order valence-electron chi connectivity index (χ2n) is 5.18. The lowest BCUT2D eigenvalue weighted by Gasteiger charge is -2.12. The van der Waals surface area contributed by atoms with Gasteiger partial charge in [-0.2, -0.15) is 0 Å². The van der Waals surface area contributed by atoms with E-state index in [1.807, 2.05) is 22.6 Å². The third-order valence-electron chi connectivity index (χ3n) is 3.50. The molecule has 1 fully saturated rings. The summed E-state index contributed by atoms with van der Waals surface area (Å²) in [4.78, 5) is 25.9. The van der Waals surface area contributed by atoms with E-state index in [2.05, 4.69) is 22.6 Å². The summed E-state index contributed by atoms with van der Waals surface area (Å²) in [6.07, 6.45) is 1.49. The number of aromatic hydroxyl groups is 1. The molecule has 1 saturated heterocycles. The summed E-state index contributed by atoms with van der Waals surface area (Å²) in [5.74, 6) is -0.899. The number of rotatable bonds is 3. The van der Waals surface area contributed by atoms with Crippen molar-refractivity contribution in [2.75, 3.05) is 0 Å².